The van der Waals surface area contributed by atoms with Crippen molar-refractivity contribution in [1.82, 2.24) is 0 Å². The van der Waals surface area contributed by atoms with Gasteiger partial charge in [0.15, 0.2) is 0 Å². The summed E-state index contributed by atoms with van der Waals surface area (Å²) in [4.78, 5) is 4.22. The molecule has 0 radical (unpaired) electrons. The third-order valence-corrected chi connectivity index (χ3v) is 15.0. The van der Waals surface area contributed by atoms with Gasteiger partial charge in [0, 0.05) is 34.1 Å². The van der Waals surface area contributed by atoms with Crippen LogP contribution in [0.5, 0.6) is 0 Å². The van der Waals surface area contributed by atoms with Crippen molar-refractivity contribution in [3.05, 3.63) is 323 Å². The minimum absolute atomic E-state index is 0.0712. The monoisotopic (exact) mass is 895 g/mol. The average molecular weight is 896 g/mol. The molecule has 11 aromatic rings. The van der Waals surface area contributed by atoms with Gasteiger partial charge >= 0.3 is 0 Å². The second-order valence-electron chi connectivity index (χ2n) is 18.4. The van der Waals surface area contributed by atoms with E-state index in [0.717, 1.165) is 95.0 Å². The van der Waals surface area contributed by atoms with Gasteiger partial charge in [0.05, 0.1) is 17.7 Å². The van der Waals surface area contributed by atoms with Crippen molar-refractivity contribution in [2.24, 2.45) is 0 Å². The van der Waals surface area contributed by atoms with Gasteiger partial charge in [-0.05, 0) is 151 Å². The van der Waals surface area contributed by atoms with Crippen molar-refractivity contribution in [3.63, 3.8) is 0 Å². The molecule has 0 aliphatic heterocycles. The molecule has 328 valence electrons. The molecule has 0 bridgehead atoms. The van der Waals surface area contributed by atoms with E-state index in [2.05, 4.69) is 223 Å². The van der Waals surface area contributed by atoms with Crippen molar-refractivity contribution in [2.45, 2.75) is 10.8 Å². The topological polar surface area (TPSA) is 6.48 Å². The van der Waals surface area contributed by atoms with Crippen LogP contribution in [0.1, 0.15) is 51.4 Å². The second kappa shape index (κ2) is 15.8. The first-order valence-corrected chi connectivity index (χ1v) is 23.9. The quantitative estimate of drug-likeness (QED) is 0.150. The van der Waals surface area contributed by atoms with Crippen LogP contribution in [0.4, 0.5) is 34.1 Å². The fourth-order valence-electron chi connectivity index (χ4n) is 12.3. The molecule has 70 heavy (non-hydrogen) atoms. The summed E-state index contributed by atoms with van der Waals surface area (Å²) < 4.78 is 46.3. The molecule has 14 rings (SSSR count). The molecule has 11 aromatic carbocycles. The van der Waals surface area contributed by atoms with Crippen LogP contribution in [0.2, 0.25) is 0 Å². The maximum atomic E-state index is 9.67. The second-order valence-corrected chi connectivity index (χ2v) is 18.4. The summed E-state index contributed by atoms with van der Waals surface area (Å²) >= 11 is 0. The SMILES string of the molecule is [2H]c1c([2H])c([2H])c(N(c2ccc3c(c2)C(c2ccccc2)(c2ccccc2)c2ccccc2-3)c2ccc3c(c2)C2(c4ccccc4-c4ccc(N(c5ccccc5)c5ccccc5)cc42)c2ccccc2-3)c([2H])c1[2H]. The Balaban J connectivity index is 1.05. The molecule has 2 heteroatoms. The van der Waals surface area contributed by atoms with E-state index in [1.807, 2.05) is 35.2 Å². The summed E-state index contributed by atoms with van der Waals surface area (Å²) in [6.45, 7) is 0. The van der Waals surface area contributed by atoms with Gasteiger partial charge in [-0.3, -0.25) is 0 Å². The summed E-state index contributed by atoms with van der Waals surface area (Å²) in [7, 11) is 0. The largest absolute Gasteiger partial charge is 0.310 e. The highest BCUT2D eigenvalue weighted by molar-refractivity contribution is 5.98. The first-order chi connectivity index (χ1) is 36.8. The van der Waals surface area contributed by atoms with Crippen molar-refractivity contribution >= 4 is 34.1 Å². The molecule has 1 spiro atoms. The number of hydrogen-bond acceptors (Lipinski definition) is 2. The van der Waals surface area contributed by atoms with E-state index in [-0.39, 0.29) is 17.8 Å². The Bertz CT molecular complexity index is 3970. The molecule has 0 heterocycles. The lowest BCUT2D eigenvalue weighted by atomic mass is 9.67. The van der Waals surface area contributed by atoms with E-state index in [0.29, 0.717) is 11.4 Å². The molecule has 1 atom stereocenters. The molecule has 0 amide bonds. The van der Waals surface area contributed by atoms with E-state index in [4.69, 9.17) is 4.11 Å². The number of fused-ring (bicyclic) bond motifs is 13. The van der Waals surface area contributed by atoms with Crippen molar-refractivity contribution in [3.8, 4) is 33.4 Å². The third kappa shape index (κ3) is 5.68. The molecule has 1 unspecified atom stereocenters. The lowest BCUT2D eigenvalue weighted by Gasteiger charge is -2.35. The zero-order valence-electron chi connectivity index (χ0n) is 43.1. The Labute approximate surface area is 416 Å². The number of anilines is 6. The standard InChI is InChI=1S/C68H46N2/c1-6-22-47(23-7-1)67(48-24-8-2-9-25-48)61-35-19-16-32-55(61)58-41-39-53(44-64(58)67)70(51-30-14-5-15-31-51)54-40-43-60-57-34-18-21-37-63(57)68(66(60)46-54)62-36-20-17-33-56(62)59-42-38-52(45-65(59)68)69(49-26-10-3-11-27-49)50-28-12-4-13-29-50/h1-46H/i5D,14D,15D,30D,31D. The zero-order valence-corrected chi connectivity index (χ0v) is 38.1. The normalized spacial score (nSPS) is 16.0. The predicted molar refractivity (Wildman–Crippen MR) is 289 cm³/mol. The highest BCUT2D eigenvalue weighted by Crippen LogP contribution is 2.64. The van der Waals surface area contributed by atoms with Crippen LogP contribution in [-0.4, -0.2) is 0 Å². The molecule has 0 saturated carbocycles. The van der Waals surface area contributed by atoms with Crippen molar-refractivity contribution in [2.75, 3.05) is 9.80 Å². The molecular formula is C68H46N2. The molecule has 2 nitrogen and oxygen atoms in total. The molecule has 0 saturated heterocycles. The average Bonchev–Trinajstić information content (AvgIpc) is 4.27. The maximum absolute atomic E-state index is 9.67. The number of nitrogens with zero attached hydrogens (tertiary/aromatic N) is 2. The van der Waals surface area contributed by atoms with Crippen LogP contribution in [-0.2, 0) is 10.8 Å². The van der Waals surface area contributed by atoms with Crippen molar-refractivity contribution < 1.29 is 6.85 Å². The minimum atomic E-state index is -0.802. The fourth-order valence-corrected chi connectivity index (χ4v) is 12.3. The number of hydrogen-bond donors (Lipinski definition) is 0. The summed E-state index contributed by atoms with van der Waals surface area (Å²) in [6.07, 6.45) is 0. The van der Waals surface area contributed by atoms with Crippen LogP contribution in [0, 0.1) is 0 Å². The smallest absolute Gasteiger partial charge is 0.0727 e. The third-order valence-electron chi connectivity index (χ3n) is 15.0. The van der Waals surface area contributed by atoms with Gasteiger partial charge in [-0.1, -0.05) is 206 Å². The van der Waals surface area contributed by atoms with Crippen molar-refractivity contribution in [1.29, 1.82) is 0 Å². The molecule has 3 aliphatic rings. The summed E-state index contributed by atoms with van der Waals surface area (Å²) in [5.41, 5.74) is 18.5. The lowest BCUT2D eigenvalue weighted by molar-refractivity contribution is 0.768. The predicted octanol–water partition coefficient (Wildman–Crippen LogP) is 17.3. The van der Waals surface area contributed by atoms with Gasteiger partial charge < -0.3 is 9.80 Å². The Hall–Kier alpha value is -8.98. The van der Waals surface area contributed by atoms with E-state index in [1.54, 1.807) is 0 Å². The number of benzene rings is 11. The Morgan fingerprint density at radius 1 is 0.243 bits per heavy atom. The first kappa shape index (κ1) is 35.2. The van der Waals surface area contributed by atoms with E-state index in [1.165, 1.54) is 0 Å². The summed E-state index contributed by atoms with van der Waals surface area (Å²) in [5, 5.41) is 0. The Morgan fingerprint density at radius 3 is 0.971 bits per heavy atom. The Kier molecular flexibility index (Phi) is 7.95. The lowest BCUT2D eigenvalue weighted by Crippen LogP contribution is -2.28. The zero-order chi connectivity index (χ0) is 50.6. The summed E-state index contributed by atoms with van der Waals surface area (Å²) in [5.74, 6) is 0. The molecular weight excluding hydrogens is 845 g/mol. The van der Waals surface area contributed by atoms with Crippen LogP contribution < -0.4 is 9.80 Å². The summed E-state index contributed by atoms with van der Waals surface area (Å²) in [6, 6.07) is 86.1. The van der Waals surface area contributed by atoms with E-state index in [9.17, 15) is 2.74 Å². The van der Waals surface area contributed by atoms with Crippen LogP contribution in [0.15, 0.2) is 279 Å². The highest BCUT2D eigenvalue weighted by Gasteiger charge is 2.52. The van der Waals surface area contributed by atoms with Crippen LogP contribution in [0.25, 0.3) is 33.4 Å². The van der Waals surface area contributed by atoms with Gasteiger partial charge in [0.1, 0.15) is 0 Å². The van der Waals surface area contributed by atoms with Gasteiger partial charge in [-0.15, -0.1) is 0 Å². The molecule has 0 fully saturated rings. The first-order valence-electron chi connectivity index (χ1n) is 26.4. The Morgan fingerprint density at radius 2 is 0.557 bits per heavy atom. The maximum Gasteiger partial charge on any atom is 0.0727 e. The number of para-hydroxylation sites is 3. The molecule has 0 N–H and O–H groups in total. The van der Waals surface area contributed by atoms with Gasteiger partial charge in [-0.25, -0.2) is 0 Å². The molecule has 0 aromatic heterocycles. The molecule has 3 aliphatic carbocycles. The van der Waals surface area contributed by atoms with E-state index < -0.39 is 29.0 Å². The van der Waals surface area contributed by atoms with Crippen LogP contribution in [0.3, 0.4) is 0 Å². The minimum Gasteiger partial charge on any atom is -0.310 e. The van der Waals surface area contributed by atoms with E-state index >= 15 is 0 Å². The number of rotatable bonds is 8. The fraction of sp³-hybridized carbons (Fsp3) is 0.0294. The van der Waals surface area contributed by atoms with Gasteiger partial charge in [0.2, 0.25) is 0 Å². The highest BCUT2D eigenvalue weighted by atomic mass is 15.1. The van der Waals surface area contributed by atoms with Gasteiger partial charge in [-0.2, -0.15) is 0 Å². The van der Waals surface area contributed by atoms with Gasteiger partial charge in [0.25, 0.3) is 0 Å². The van der Waals surface area contributed by atoms with Crippen LogP contribution >= 0.6 is 0 Å².